The monoisotopic (exact) mass is 401 g/mol. The Morgan fingerprint density at radius 3 is 1.76 bits per heavy atom. The molecule has 1 unspecified atom stereocenters. The number of benzene rings is 3. The van der Waals surface area contributed by atoms with Crippen LogP contribution >= 0.6 is 0 Å². The number of hydrogen-bond donors (Lipinski definition) is 1. The average Bonchev–Trinajstić information content (AvgIpc) is 2.73. The molecule has 29 heavy (non-hydrogen) atoms. The third-order valence-corrected chi connectivity index (χ3v) is 4.92. The van der Waals surface area contributed by atoms with Gasteiger partial charge in [0, 0.05) is 19.8 Å². The van der Waals surface area contributed by atoms with E-state index in [1.54, 1.807) is 36.4 Å². The number of hydrogen-bond acceptors (Lipinski definition) is 3. The molecule has 0 aliphatic heterocycles. The number of methoxy groups -OCH3 is 1. The summed E-state index contributed by atoms with van der Waals surface area (Å²) in [5.74, 6) is 0.586. The van der Waals surface area contributed by atoms with Crippen molar-refractivity contribution in [3.63, 3.8) is 0 Å². The Hall–Kier alpha value is -2.99. The van der Waals surface area contributed by atoms with Crippen molar-refractivity contribution in [2.24, 2.45) is 0 Å². The van der Waals surface area contributed by atoms with Crippen molar-refractivity contribution in [1.82, 2.24) is 0 Å². The van der Waals surface area contributed by atoms with Crippen LogP contribution in [0.5, 0.6) is 5.75 Å². The number of alkyl halides is 3. The summed E-state index contributed by atoms with van der Waals surface area (Å²) in [4.78, 5) is 1.90. The first kappa shape index (κ1) is 20.7. The van der Waals surface area contributed by atoms with E-state index in [0.29, 0.717) is 16.9 Å². The minimum Gasteiger partial charge on any atom is -0.497 e. The van der Waals surface area contributed by atoms with Crippen LogP contribution in [0.15, 0.2) is 72.8 Å². The highest BCUT2D eigenvalue weighted by Crippen LogP contribution is 2.40. The number of rotatable bonds is 5. The lowest BCUT2D eigenvalue weighted by Gasteiger charge is -2.31. The van der Waals surface area contributed by atoms with Gasteiger partial charge in [0.25, 0.3) is 0 Å². The van der Waals surface area contributed by atoms with Gasteiger partial charge in [0.15, 0.2) is 0 Å². The van der Waals surface area contributed by atoms with Crippen LogP contribution in [-0.4, -0.2) is 26.3 Å². The van der Waals surface area contributed by atoms with Gasteiger partial charge in [-0.15, -0.1) is 0 Å². The van der Waals surface area contributed by atoms with E-state index in [9.17, 15) is 18.3 Å². The van der Waals surface area contributed by atoms with E-state index >= 15 is 0 Å². The molecule has 6 heteroatoms. The maximum absolute atomic E-state index is 13.3. The molecule has 0 radical (unpaired) electrons. The predicted octanol–water partition coefficient (Wildman–Crippen LogP) is 5.06. The van der Waals surface area contributed by atoms with Crippen LogP contribution in [0.1, 0.15) is 22.3 Å². The number of halogens is 3. The van der Waals surface area contributed by atoms with E-state index in [-0.39, 0.29) is 5.56 Å². The lowest BCUT2D eigenvalue weighted by Crippen LogP contribution is -2.29. The molecule has 3 aromatic carbocycles. The highest BCUT2D eigenvalue weighted by molar-refractivity contribution is 5.53. The Kier molecular flexibility index (Phi) is 5.57. The maximum atomic E-state index is 13.3. The number of aliphatic hydroxyl groups is 1. The third kappa shape index (κ3) is 4.07. The number of anilines is 1. The summed E-state index contributed by atoms with van der Waals surface area (Å²) in [6.07, 6.45) is -4.51. The van der Waals surface area contributed by atoms with E-state index < -0.39 is 17.3 Å². The van der Waals surface area contributed by atoms with E-state index in [4.69, 9.17) is 4.74 Å². The van der Waals surface area contributed by atoms with Gasteiger partial charge in [0.2, 0.25) is 0 Å². The van der Waals surface area contributed by atoms with Gasteiger partial charge >= 0.3 is 6.18 Å². The Balaban J connectivity index is 2.21. The first-order valence-electron chi connectivity index (χ1n) is 8.99. The van der Waals surface area contributed by atoms with E-state index in [1.165, 1.54) is 19.2 Å². The van der Waals surface area contributed by atoms with Crippen molar-refractivity contribution in [2.45, 2.75) is 11.8 Å². The molecule has 0 aliphatic rings. The molecule has 1 atom stereocenters. The molecule has 0 heterocycles. The predicted molar refractivity (Wildman–Crippen MR) is 107 cm³/mol. The van der Waals surface area contributed by atoms with Crippen molar-refractivity contribution in [3.8, 4) is 5.75 Å². The second-order valence-electron chi connectivity index (χ2n) is 6.96. The summed E-state index contributed by atoms with van der Waals surface area (Å²) in [6.45, 7) is 0. The Bertz CT molecular complexity index is 967. The van der Waals surface area contributed by atoms with Crippen molar-refractivity contribution < 1.29 is 23.0 Å². The molecule has 152 valence electrons. The third-order valence-electron chi connectivity index (χ3n) is 4.92. The number of ether oxygens (including phenoxy) is 1. The van der Waals surface area contributed by atoms with Crippen LogP contribution < -0.4 is 9.64 Å². The first-order valence-corrected chi connectivity index (χ1v) is 8.99. The fourth-order valence-corrected chi connectivity index (χ4v) is 3.25. The molecule has 0 saturated heterocycles. The lowest BCUT2D eigenvalue weighted by molar-refractivity contribution is -0.137. The molecule has 0 spiro atoms. The van der Waals surface area contributed by atoms with E-state index in [1.807, 2.05) is 31.1 Å². The summed E-state index contributed by atoms with van der Waals surface area (Å²) >= 11 is 0. The second kappa shape index (κ2) is 7.79. The maximum Gasteiger partial charge on any atom is 0.416 e. The standard InChI is InChI=1S/C23H22F3NO2/c1-27(2)20-11-7-16(8-12-20)22(28,17-9-13-21(29-3)14-10-17)18-5-4-6-19(15-18)23(24,25)26/h4-15,28H,1-3H3. The van der Waals surface area contributed by atoms with E-state index in [0.717, 1.165) is 17.8 Å². The smallest absolute Gasteiger partial charge is 0.416 e. The summed E-state index contributed by atoms with van der Waals surface area (Å²) in [7, 11) is 5.29. The summed E-state index contributed by atoms with van der Waals surface area (Å²) in [6, 6.07) is 18.5. The van der Waals surface area contributed by atoms with Crippen molar-refractivity contribution in [3.05, 3.63) is 95.1 Å². The van der Waals surface area contributed by atoms with Crippen LogP contribution in [0.2, 0.25) is 0 Å². The quantitative estimate of drug-likeness (QED) is 0.607. The van der Waals surface area contributed by atoms with Crippen molar-refractivity contribution in [1.29, 1.82) is 0 Å². The summed E-state index contributed by atoms with van der Waals surface area (Å²) < 4.78 is 45.1. The van der Waals surface area contributed by atoms with Gasteiger partial charge in [-0.1, -0.05) is 36.4 Å². The molecule has 0 saturated carbocycles. The normalized spacial score (nSPS) is 13.6. The Labute approximate surface area is 168 Å². The fourth-order valence-electron chi connectivity index (χ4n) is 3.25. The highest BCUT2D eigenvalue weighted by atomic mass is 19.4. The topological polar surface area (TPSA) is 32.7 Å². The van der Waals surface area contributed by atoms with Crippen LogP contribution in [0.4, 0.5) is 18.9 Å². The van der Waals surface area contributed by atoms with Gasteiger partial charge < -0.3 is 14.7 Å². The first-order chi connectivity index (χ1) is 13.7. The van der Waals surface area contributed by atoms with E-state index in [2.05, 4.69) is 0 Å². The summed E-state index contributed by atoms with van der Waals surface area (Å²) in [5.41, 5.74) is -0.627. The second-order valence-corrected chi connectivity index (χ2v) is 6.96. The minimum atomic E-state index is -4.51. The van der Waals surface area contributed by atoms with Gasteiger partial charge in [0.1, 0.15) is 11.4 Å². The molecule has 3 aromatic rings. The molecule has 3 nitrogen and oxygen atoms in total. The molecule has 0 aromatic heterocycles. The van der Waals surface area contributed by atoms with Gasteiger partial charge in [-0.3, -0.25) is 0 Å². The van der Waals surface area contributed by atoms with Gasteiger partial charge in [0.05, 0.1) is 12.7 Å². The van der Waals surface area contributed by atoms with Crippen LogP contribution in [0.3, 0.4) is 0 Å². The molecule has 0 fully saturated rings. The highest BCUT2D eigenvalue weighted by Gasteiger charge is 2.37. The minimum absolute atomic E-state index is 0.134. The Morgan fingerprint density at radius 2 is 1.28 bits per heavy atom. The summed E-state index contributed by atoms with van der Waals surface area (Å²) in [5, 5.41) is 11.8. The molecular formula is C23H22F3NO2. The van der Waals surface area contributed by atoms with Crippen molar-refractivity contribution in [2.75, 3.05) is 26.1 Å². The molecule has 0 aliphatic carbocycles. The van der Waals surface area contributed by atoms with Gasteiger partial charge in [-0.25, -0.2) is 0 Å². The average molecular weight is 401 g/mol. The van der Waals surface area contributed by atoms with Gasteiger partial charge in [-0.05, 0) is 53.1 Å². The van der Waals surface area contributed by atoms with Crippen LogP contribution in [-0.2, 0) is 11.8 Å². The molecule has 0 bridgehead atoms. The van der Waals surface area contributed by atoms with Crippen LogP contribution in [0.25, 0.3) is 0 Å². The van der Waals surface area contributed by atoms with Crippen molar-refractivity contribution >= 4 is 5.69 Å². The van der Waals surface area contributed by atoms with Gasteiger partial charge in [-0.2, -0.15) is 13.2 Å². The largest absolute Gasteiger partial charge is 0.497 e. The SMILES string of the molecule is COc1ccc(C(O)(c2ccc(N(C)C)cc2)c2cccc(C(F)(F)F)c2)cc1. The number of nitrogens with zero attached hydrogens (tertiary/aromatic N) is 1. The zero-order chi connectivity index (χ0) is 21.2. The zero-order valence-corrected chi connectivity index (χ0v) is 16.4. The molecule has 3 rings (SSSR count). The zero-order valence-electron chi connectivity index (χ0n) is 16.4. The Morgan fingerprint density at radius 1 is 0.759 bits per heavy atom. The molecule has 1 N–H and O–H groups in total. The molecular weight excluding hydrogens is 379 g/mol. The lowest BCUT2D eigenvalue weighted by atomic mass is 9.80. The fraction of sp³-hybridized carbons (Fsp3) is 0.217. The molecule has 0 amide bonds. The van der Waals surface area contributed by atoms with Crippen LogP contribution in [0, 0.1) is 0 Å².